The maximum Gasteiger partial charge on any atom is 0.141 e. The summed E-state index contributed by atoms with van der Waals surface area (Å²) in [6.45, 7) is 14.4. The maximum atomic E-state index is 9.58. The summed E-state index contributed by atoms with van der Waals surface area (Å²) in [4.78, 5) is 10.8. The number of likely N-dealkylation sites (N-methyl/N-ethyl adjacent to an activating group) is 1. The summed E-state index contributed by atoms with van der Waals surface area (Å²) < 4.78 is 11.2. The molecule has 0 radical (unpaired) electrons. The quantitative estimate of drug-likeness (QED) is 0.319. The molecule has 7 nitrogen and oxygen atoms in total. The lowest BCUT2D eigenvalue weighted by Gasteiger charge is -2.27. The number of allylic oxidation sites excluding steroid dienone is 6. The molecule has 1 aliphatic rings. The average Bonchev–Trinajstić information content (AvgIpc) is 2.74. The number of nitrogens with one attached hydrogen (secondary N) is 1. The Morgan fingerprint density at radius 3 is 2.61 bits per heavy atom. The molecular weight excluding hydrogens is 508 g/mol. The zero-order chi connectivity index (χ0) is 25.0. The first kappa shape index (κ1) is 28.9. The van der Waals surface area contributed by atoms with Crippen LogP contribution in [-0.4, -0.2) is 59.9 Å². The van der Waals surface area contributed by atoms with Crippen molar-refractivity contribution in [1.29, 1.82) is 0 Å². The smallest absolute Gasteiger partial charge is 0.141 e. The number of aliphatic hydroxyl groups excluding tert-OH is 1. The molecule has 0 amide bonds. The summed E-state index contributed by atoms with van der Waals surface area (Å²) in [5.41, 5.74) is 1.79. The van der Waals surface area contributed by atoms with Crippen molar-refractivity contribution in [3.8, 4) is 0 Å². The minimum absolute atomic E-state index is 0.135. The molecule has 0 saturated carbocycles. The second kappa shape index (κ2) is 14.9. The summed E-state index contributed by atoms with van der Waals surface area (Å²) in [7, 11) is 3.70. The van der Waals surface area contributed by atoms with Gasteiger partial charge in [-0.1, -0.05) is 24.3 Å². The number of hydrogen-bond acceptors (Lipinski definition) is 7. The van der Waals surface area contributed by atoms with Gasteiger partial charge in [-0.15, -0.1) is 0 Å². The second-order valence-corrected chi connectivity index (χ2v) is 8.75. The largest absolute Gasteiger partial charge is 0.513 e. The first-order valence-corrected chi connectivity index (χ1v) is 11.6. The van der Waals surface area contributed by atoms with Crippen LogP contribution in [0.1, 0.15) is 39.0 Å². The van der Waals surface area contributed by atoms with Crippen LogP contribution in [0, 0.1) is 0 Å². The van der Waals surface area contributed by atoms with E-state index in [1.165, 1.54) is 6.33 Å². The van der Waals surface area contributed by atoms with Crippen molar-refractivity contribution >= 4 is 45.5 Å². The molecule has 2 N–H and O–H groups in total. The maximum absolute atomic E-state index is 9.58. The molecule has 2 heterocycles. The van der Waals surface area contributed by atoms with Crippen molar-refractivity contribution in [3.05, 3.63) is 63.0 Å². The monoisotopic (exact) mass is 540 g/mol. The third kappa shape index (κ3) is 11.0. The predicted molar refractivity (Wildman–Crippen MR) is 141 cm³/mol. The number of halogens is 2. The molecule has 1 unspecified atom stereocenters. The van der Waals surface area contributed by atoms with Crippen LogP contribution in [0.5, 0.6) is 0 Å². The highest BCUT2D eigenvalue weighted by Gasteiger charge is 2.12. The Morgan fingerprint density at radius 1 is 1.39 bits per heavy atom. The van der Waals surface area contributed by atoms with Crippen LogP contribution in [0.3, 0.4) is 0 Å². The first-order chi connectivity index (χ1) is 15.6. The highest BCUT2D eigenvalue weighted by molar-refractivity contribution is 9.12. The van der Waals surface area contributed by atoms with Gasteiger partial charge in [0.25, 0.3) is 0 Å². The van der Waals surface area contributed by atoms with E-state index in [1.54, 1.807) is 38.3 Å². The molecule has 1 saturated heterocycles. The number of nitrogens with zero attached hydrogens (tertiary/aromatic N) is 3. The number of morpholine rings is 1. The molecule has 33 heavy (non-hydrogen) atoms. The summed E-state index contributed by atoms with van der Waals surface area (Å²) in [6.07, 6.45) is 8.68. The molecule has 0 aromatic carbocycles. The van der Waals surface area contributed by atoms with Crippen LogP contribution >= 0.6 is 27.5 Å². The molecule has 1 aliphatic heterocycles. The van der Waals surface area contributed by atoms with Crippen LogP contribution in [0.15, 0.2) is 51.8 Å². The third-order valence-electron chi connectivity index (χ3n) is 4.44. The number of ether oxygens (including phenoxy) is 2. The highest BCUT2D eigenvalue weighted by atomic mass is 79.9. The fourth-order valence-corrected chi connectivity index (χ4v) is 3.33. The van der Waals surface area contributed by atoms with Crippen molar-refractivity contribution in [1.82, 2.24) is 14.9 Å². The van der Waals surface area contributed by atoms with Gasteiger partial charge in [0.15, 0.2) is 0 Å². The zero-order valence-corrected chi connectivity index (χ0v) is 22.5. The second-order valence-electron chi connectivity index (χ2n) is 7.49. The number of rotatable bonds is 7. The van der Waals surface area contributed by atoms with E-state index in [4.69, 9.17) is 21.1 Å². The Hall–Kier alpha value is -2.13. The lowest BCUT2D eigenvalue weighted by molar-refractivity contribution is -0.00861. The van der Waals surface area contributed by atoms with Gasteiger partial charge in [-0.05, 0) is 62.8 Å². The zero-order valence-electron chi connectivity index (χ0n) is 20.2. The summed E-state index contributed by atoms with van der Waals surface area (Å²) >= 11 is 9.44. The number of aromatic nitrogens is 2. The minimum Gasteiger partial charge on any atom is -0.513 e. The lowest BCUT2D eigenvalue weighted by Crippen LogP contribution is -2.38. The van der Waals surface area contributed by atoms with Crippen molar-refractivity contribution in [3.63, 3.8) is 0 Å². The van der Waals surface area contributed by atoms with Gasteiger partial charge in [-0.3, -0.25) is 0 Å². The van der Waals surface area contributed by atoms with E-state index in [-0.39, 0.29) is 5.76 Å². The Kier molecular flexibility index (Phi) is 13.1. The molecule has 182 valence electrons. The SMILES string of the molecule is C=C(/C=C(Br)\C(Cl)=C/C)Nc1ncnc(/C=C(\C)O)c1/C=C(\C)OC.CC1CN(C)CCO1. The molecule has 1 fully saturated rings. The van der Waals surface area contributed by atoms with Gasteiger partial charge in [-0.2, -0.15) is 0 Å². The number of anilines is 1. The Labute approximate surface area is 210 Å². The summed E-state index contributed by atoms with van der Waals surface area (Å²) in [5.74, 6) is 1.33. The Balaban J connectivity index is 0.000000568. The molecule has 1 aromatic rings. The molecule has 0 bridgehead atoms. The predicted octanol–water partition coefficient (Wildman–Crippen LogP) is 6.09. The van der Waals surface area contributed by atoms with Crippen molar-refractivity contribution in [2.24, 2.45) is 0 Å². The molecule has 9 heteroatoms. The van der Waals surface area contributed by atoms with E-state index in [0.29, 0.717) is 44.2 Å². The van der Waals surface area contributed by atoms with Gasteiger partial charge < -0.3 is 24.8 Å². The van der Waals surface area contributed by atoms with E-state index in [0.717, 1.165) is 19.7 Å². The summed E-state index contributed by atoms with van der Waals surface area (Å²) in [5, 5.41) is 13.3. The average molecular weight is 542 g/mol. The fourth-order valence-electron chi connectivity index (χ4n) is 2.77. The van der Waals surface area contributed by atoms with E-state index in [2.05, 4.69) is 56.7 Å². The van der Waals surface area contributed by atoms with Crippen LogP contribution in [-0.2, 0) is 9.47 Å². The van der Waals surface area contributed by atoms with Crippen LogP contribution < -0.4 is 5.32 Å². The van der Waals surface area contributed by atoms with Gasteiger partial charge in [0.05, 0.1) is 42.1 Å². The van der Waals surface area contributed by atoms with Crippen molar-refractivity contribution in [2.45, 2.75) is 33.8 Å². The Bertz CT molecular complexity index is 916. The van der Waals surface area contributed by atoms with Gasteiger partial charge in [0, 0.05) is 34.9 Å². The molecule has 1 aromatic heterocycles. The van der Waals surface area contributed by atoms with Crippen LogP contribution in [0.4, 0.5) is 5.82 Å². The molecule has 0 spiro atoms. The molecule has 2 rings (SSSR count). The number of aliphatic hydroxyl groups is 1. The highest BCUT2D eigenvalue weighted by Crippen LogP contribution is 2.25. The standard InChI is InChI=1S/C18H21BrClN3O2.C6H13NO/c1-6-16(20)15(19)7-11(2)23-18-14(9-13(4)25-5)17(8-12(3)24)21-10-22-18;1-6-5-7(2)3-4-8-6/h6-10,24H,2H2,1,3-5H3,(H,21,22,23);6H,3-5H2,1-2H3/b12-8+,13-9+,15-7+,16-6+;. The van der Waals surface area contributed by atoms with E-state index in [9.17, 15) is 5.11 Å². The van der Waals surface area contributed by atoms with Crippen molar-refractivity contribution < 1.29 is 14.6 Å². The fraction of sp³-hybridized carbons (Fsp3) is 0.417. The van der Waals surface area contributed by atoms with Gasteiger partial charge >= 0.3 is 0 Å². The van der Waals surface area contributed by atoms with E-state index < -0.39 is 0 Å². The van der Waals surface area contributed by atoms with Crippen LogP contribution in [0.25, 0.3) is 12.2 Å². The topological polar surface area (TPSA) is 79.7 Å². The van der Waals surface area contributed by atoms with Gasteiger partial charge in [-0.25, -0.2) is 9.97 Å². The minimum atomic E-state index is 0.135. The van der Waals surface area contributed by atoms with Gasteiger partial charge in [0.1, 0.15) is 12.1 Å². The molecular formula is C24H34BrClN4O3. The molecule has 1 atom stereocenters. The van der Waals surface area contributed by atoms with Crippen molar-refractivity contribution in [2.75, 3.05) is 39.2 Å². The first-order valence-electron chi connectivity index (χ1n) is 10.5. The normalized spacial score (nSPS) is 18.4. The number of hydrogen-bond donors (Lipinski definition) is 2. The van der Waals surface area contributed by atoms with Gasteiger partial charge in [0.2, 0.25) is 0 Å². The van der Waals surface area contributed by atoms with E-state index >= 15 is 0 Å². The molecule has 0 aliphatic carbocycles. The van der Waals surface area contributed by atoms with Crippen LogP contribution in [0.2, 0.25) is 0 Å². The third-order valence-corrected chi connectivity index (χ3v) is 5.74. The summed E-state index contributed by atoms with van der Waals surface area (Å²) in [6, 6.07) is 0. The number of methoxy groups -OCH3 is 1. The lowest BCUT2D eigenvalue weighted by atomic mass is 10.1. The van der Waals surface area contributed by atoms with E-state index in [1.807, 2.05) is 13.8 Å². The Morgan fingerprint density at radius 2 is 2.09 bits per heavy atom.